The van der Waals surface area contributed by atoms with E-state index in [0.717, 1.165) is 37.2 Å². The van der Waals surface area contributed by atoms with E-state index in [1.54, 1.807) is 18.3 Å². The maximum absolute atomic E-state index is 12.6. The summed E-state index contributed by atoms with van der Waals surface area (Å²) in [6.45, 7) is 4.03. The smallest absolute Gasteiger partial charge is 0.255 e. The standard InChI is InChI=1S/C17H17BrClN3O/c18-16-4-3-14(19)10-15(16)17(23)22-8-6-21(7-9-22)12-13-2-1-5-20-11-13/h1-5,10-11H,6-9,12H2. The summed E-state index contributed by atoms with van der Waals surface area (Å²) in [7, 11) is 0. The first-order valence-electron chi connectivity index (χ1n) is 7.49. The van der Waals surface area contributed by atoms with Crippen molar-refractivity contribution in [2.75, 3.05) is 26.2 Å². The highest BCUT2D eigenvalue weighted by molar-refractivity contribution is 9.10. The summed E-state index contributed by atoms with van der Waals surface area (Å²) in [5, 5.41) is 0.576. The molecule has 120 valence electrons. The number of nitrogens with zero attached hydrogens (tertiary/aromatic N) is 3. The van der Waals surface area contributed by atoms with Crippen LogP contribution in [0.15, 0.2) is 47.2 Å². The summed E-state index contributed by atoms with van der Waals surface area (Å²) < 4.78 is 0.782. The van der Waals surface area contributed by atoms with E-state index in [9.17, 15) is 4.79 Å². The highest BCUT2D eigenvalue weighted by Gasteiger charge is 2.23. The van der Waals surface area contributed by atoms with Crippen molar-refractivity contribution >= 4 is 33.4 Å². The molecule has 1 aromatic carbocycles. The van der Waals surface area contributed by atoms with Crippen LogP contribution in [-0.2, 0) is 6.54 Å². The van der Waals surface area contributed by atoms with Gasteiger partial charge in [0.2, 0.25) is 0 Å². The molecule has 0 aliphatic carbocycles. The maximum atomic E-state index is 12.6. The summed E-state index contributed by atoms with van der Waals surface area (Å²) in [5.41, 5.74) is 1.82. The molecule has 6 heteroatoms. The van der Waals surface area contributed by atoms with Crippen molar-refractivity contribution in [3.8, 4) is 0 Å². The zero-order chi connectivity index (χ0) is 16.2. The normalized spacial score (nSPS) is 15.7. The molecule has 3 rings (SSSR count). The fraction of sp³-hybridized carbons (Fsp3) is 0.294. The Morgan fingerprint density at radius 3 is 2.70 bits per heavy atom. The molecule has 2 heterocycles. The molecule has 1 aliphatic rings. The van der Waals surface area contributed by atoms with E-state index in [2.05, 4.69) is 31.9 Å². The molecular formula is C17H17BrClN3O. The Morgan fingerprint density at radius 2 is 2.00 bits per heavy atom. The lowest BCUT2D eigenvalue weighted by atomic mass is 10.1. The molecular weight excluding hydrogens is 378 g/mol. The molecule has 1 fully saturated rings. The highest BCUT2D eigenvalue weighted by atomic mass is 79.9. The van der Waals surface area contributed by atoms with Crippen LogP contribution in [0, 0.1) is 0 Å². The van der Waals surface area contributed by atoms with Gasteiger partial charge in [0, 0.05) is 54.6 Å². The number of hydrogen-bond acceptors (Lipinski definition) is 3. The van der Waals surface area contributed by atoms with Gasteiger partial charge in [-0.1, -0.05) is 17.7 Å². The molecule has 0 N–H and O–H groups in total. The van der Waals surface area contributed by atoms with Crippen molar-refractivity contribution in [1.82, 2.24) is 14.8 Å². The Kier molecular flexibility index (Phi) is 5.30. The second kappa shape index (κ2) is 7.43. The van der Waals surface area contributed by atoms with Crippen LogP contribution in [-0.4, -0.2) is 46.9 Å². The maximum Gasteiger partial charge on any atom is 0.255 e. The minimum Gasteiger partial charge on any atom is -0.336 e. The van der Waals surface area contributed by atoms with Gasteiger partial charge in [0.25, 0.3) is 5.91 Å². The fourth-order valence-electron chi connectivity index (χ4n) is 2.69. The lowest BCUT2D eigenvalue weighted by Crippen LogP contribution is -2.48. The predicted octanol–water partition coefficient (Wildman–Crippen LogP) is 3.46. The molecule has 0 unspecified atom stereocenters. The number of aromatic nitrogens is 1. The monoisotopic (exact) mass is 393 g/mol. The van der Waals surface area contributed by atoms with Gasteiger partial charge in [0.05, 0.1) is 5.56 Å². The second-order valence-corrected chi connectivity index (χ2v) is 6.84. The van der Waals surface area contributed by atoms with Crippen LogP contribution in [0.1, 0.15) is 15.9 Å². The quantitative estimate of drug-likeness (QED) is 0.800. The molecule has 0 saturated carbocycles. The molecule has 0 radical (unpaired) electrons. The summed E-state index contributed by atoms with van der Waals surface area (Å²) in [4.78, 5) is 21.0. The molecule has 0 atom stereocenters. The molecule has 2 aromatic rings. The summed E-state index contributed by atoms with van der Waals surface area (Å²) >= 11 is 9.44. The van der Waals surface area contributed by atoms with Crippen LogP contribution in [0.2, 0.25) is 5.02 Å². The molecule has 0 bridgehead atoms. The Bertz CT molecular complexity index is 687. The van der Waals surface area contributed by atoms with Gasteiger partial charge in [-0.2, -0.15) is 0 Å². The zero-order valence-corrected chi connectivity index (χ0v) is 14.9. The first kappa shape index (κ1) is 16.4. The third-order valence-corrected chi connectivity index (χ3v) is 4.87. The van der Waals surface area contributed by atoms with Crippen molar-refractivity contribution in [2.24, 2.45) is 0 Å². The molecule has 1 aromatic heterocycles. The van der Waals surface area contributed by atoms with Gasteiger partial charge in [0.1, 0.15) is 0 Å². The number of carbonyl (C=O) groups is 1. The Labute approximate surface area is 149 Å². The van der Waals surface area contributed by atoms with E-state index in [0.29, 0.717) is 10.6 Å². The van der Waals surface area contributed by atoms with Crippen LogP contribution in [0.5, 0.6) is 0 Å². The lowest BCUT2D eigenvalue weighted by molar-refractivity contribution is 0.0627. The molecule has 4 nitrogen and oxygen atoms in total. The average Bonchev–Trinajstić information content (AvgIpc) is 2.58. The molecule has 1 aliphatic heterocycles. The van der Waals surface area contributed by atoms with Gasteiger partial charge in [0.15, 0.2) is 0 Å². The van der Waals surface area contributed by atoms with Gasteiger partial charge in [-0.05, 0) is 45.8 Å². The van der Waals surface area contributed by atoms with Crippen LogP contribution < -0.4 is 0 Å². The van der Waals surface area contributed by atoms with E-state index in [4.69, 9.17) is 11.6 Å². The Balaban J connectivity index is 1.60. The predicted molar refractivity (Wildman–Crippen MR) is 94.6 cm³/mol. The van der Waals surface area contributed by atoms with E-state index < -0.39 is 0 Å². The fourth-order valence-corrected chi connectivity index (χ4v) is 3.28. The highest BCUT2D eigenvalue weighted by Crippen LogP contribution is 2.23. The van der Waals surface area contributed by atoms with Gasteiger partial charge in [-0.3, -0.25) is 14.7 Å². The van der Waals surface area contributed by atoms with Gasteiger partial charge in [-0.25, -0.2) is 0 Å². The number of halogens is 2. The van der Waals surface area contributed by atoms with Crippen molar-refractivity contribution in [3.05, 3.63) is 63.3 Å². The van der Waals surface area contributed by atoms with Crippen LogP contribution in [0.4, 0.5) is 0 Å². The molecule has 1 saturated heterocycles. The van der Waals surface area contributed by atoms with Crippen molar-refractivity contribution in [2.45, 2.75) is 6.54 Å². The van der Waals surface area contributed by atoms with E-state index in [1.165, 1.54) is 5.56 Å². The number of amides is 1. The van der Waals surface area contributed by atoms with Crippen molar-refractivity contribution in [1.29, 1.82) is 0 Å². The van der Waals surface area contributed by atoms with Gasteiger partial charge in [-0.15, -0.1) is 0 Å². The van der Waals surface area contributed by atoms with Gasteiger partial charge < -0.3 is 4.90 Å². The summed E-state index contributed by atoms with van der Waals surface area (Å²) in [5.74, 6) is 0.0282. The number of pyridine rings is 1. The van der Waals surface area contributed by atoms with Gasteiger partial charge >= 0.3 is 0 Å². The minimum absolute atomic E-state index is 0.0282. The van der Waals surface area contributed by atoms with Crippen molar-refractivity contribution in [3.63, 3.8) is 0 Å². The van der Waals surface area contributed by atoms with E-state index >= 15 is 0 Å². The number of benzene rings is 1. The minimum atomic E-state index is 0.0282. The zero-order valence-electron chi connectivity index (χ0n) is 12.6. The third kappa shape index (κ3) is 4.10. The van der Waals surface area contributed by atoms with Crippen molar-refractivity contribution < 1.29 is 4.79 Å². The SMILES string of the molecule is O=C(c1cc(Cl)ccc1Br)N1CCN(Cc2cccnc2)CC1. The Hall–Kier alpha value is -1.43. The summed E-state index contributed by atoms with van der Waals surface area (Å²) in [6.07, 6.45) is 3.67. The third-order valence-electron chi connectivity index (χ3n) is 3.95. The van der Waals surface area contributed by atoms with Crippen LogP contribution >= 0.6 is 27.5 Å². The largest absolute Gasteiger partial charge is 0.336 e. The first-order valence-corrected chi connectivity index (χ1v) is 8.66. The Morgan fingerprint density at radius 1 is 1.22 bits per heavy atom. The average molecular weight is 395 g/mol. The number of carbonyl (C=O) groups excluding carboxylic acids is 1. The molecule has 23 heavy (non-hydrogen) atoms. The van der Waals surface area contributed by atoms with E-state index in [1.807, 2.05) is 23.2 Å². The molecule has 0 spiro atoms. The molecule has 1 amide bonds. The van der Waals surface area contributed by atoms with Crippen LogP contribution in [0.3, 0.4) is 0 Å². The lowest BCUT2D eigenvalue weighted by Gasteiger charge is -2.35. The number of hydrogen-bond donors (Lipinski definition) is 0. The number of piperazine rings is 1. The number of rotatable bonds is 3. The topological polar surface area (TPSA) is 36.4 Å². The first-order chi connectivity index (χ1) is 11.1. The van der Waals surface area contributed by atoms with E-state index in [-0.39, 0.29) is 5.91 Å². The second-order valence-electron chi connectivity index (χ2n) is 5.55. The van der Waals surface area contributed by atoms with Crippen LogP contribution in [0.25, 0.3) is 0 Å². The summed E-state index contributed by atoms with van der Waals surface area (Å²) in [6, 6.07) is 9.33.